The van der Waals surface area contributed by atoms with Crippen LogP contribution in [0.1, 0.15) is 36.3 Å². The molecule has 0 radical (unpaired) electrons. The van der Waals surface area contributed by atoms with Crippen molar-refractivity contribution < 1.29 is 17.7 Å². The molecule has 4 nitrogen and oxygen atoms in total. The van der Waals surface area contributed by atoms with Gasteiger partial charge in [-0.05, 0) is 31.4 Å². The van der Waals surface area contributed by atoms with Crippen LogP contribution in [0.3, 0.4) is 0 Å². The summed E-state index contributed by atoms with van der Waals surface area (Å²) in [5.41, 5.74) is 1.71. The Bertz CT molecular complexity index is 579. The summed E-state index contributed by atoms with van der Waals surface area (Å²) in [5.74, 6) is 0.0978. The molecule has 1 heterocycles. The molecule has 98 valence electrons. The minimum atomic E-state index is -4.16. The van der Waals surface area contributed by atoms with Crippen LogP contribution in [0, 0.1) is 6.92 Å². The fourth-order valence-electron chi connectivity index (χ4n) is 2.97. The van der Waals surface area contributed by atoms with Gasteiger partial charge in [0.05, 0.1) is 17.1 Å². The number of hydrogen-bond acceptors (Lipinski definition) is 3. The Morgan fingerprint density at radius 3 is 2.83 bits per heavy atom. The van der Waals surface area contributed by atoms with Crippen molar-refractivity contribution >= 4 is 10.1 Å². The van der Waals surface area contributed by atoms with E-state index in [4.69, 9.17) is 4.74 Å². The van der Waals surface area contributed by atoms with Crippen molar-refractivity contribution in [3.8, 4) is 0 Å². The molecule has 0 bridgehead atoms. The van der Waals surface area contributed by atoms with Crippen LogP contribution in [0.15, 0.2) is 23.1 Å². The zero-order valence-electron chi connectivity index (χ0n) is 10.2. The van der Waals surface area contributed by atoms with Gasteiger partial charge in [0.2, 0.25) is 0 Å². The van der Waals surface area contributed by atoms with Crippen molar-refractivity contribution in [3.05, 3.63) is 29.3 Å². The van der Waals surface area contributed by atoms with Gasteiger partial charge in [0.1, 0.15) is 0 Å². The van der Waals surface area contributed by atoms with Gasteiger partial charge in [0.25, 0.3) is 10.1 Å². The molecule has 0 amide bonds. The van der Waals surface area contributed by atoms with Gasteiger partial charge in [-0.3, -0.25) is 4.55 Å². The topological polar surface area (TPSA) is 66.9 Å². The molecule has 1 unspecified atom stereocenters. The monoisotopic (exact) mass is 268 g/mol. The van der Waals surface area contributed by atoms with Gasteiger partial charge in [-0.15, -0.1) is 0 Å². The highest BCUT2D eigenvalue weighted by molar-refractivity contribution is 7.85. The first-order valence-electron chi connectivity index (χ1n) is 6.20. The van der Waals surface area contributed by atoms with Crippen LogP contribution in [0.4, 0.5) is 0 Å². The molecular formula is C13H16O4S. The van der Waals surface area contributed by atoms with Crippen LogP contribution in [-0.2, 0) is 14.9 Å². The van der Waals surface area contributed by atoms with Crippen molar-refractivity contribution in [1.82, 2.24) is 0 Å². The van der Waals surface area contributed by atoms with Crippen LogP contribution < -0.4 is 0 Å². The van der Waals surface area contributed by atoms with Gasteiger partial charge in [0.15, 0.2) is 0 Å². The summed E-state index contributed by atoms with van der Waals surface area (Å²) in [6, 6.07) is 5.06. The predicted molar refractivity (Wildman–Crippen MR) is 66.2 cm³/mol. The Morgan fingerprint density at radius 1 is 1.33 bits per heavy atom. The average molecular weight is 268 g/mol. The van der Waals surface area contributed by atoms with Crippen LogP contribution in [0.25, 0.3) is 0 Å². The molecule has 1 saturated carbocycles. The lowest BCUT2D eigenvalue weighted by atomic mass is 9.83. The second-order valence-corrected chi connectivity index (χ2v) is 6.58. The summed E-state index contributed by atoms with van der Waals surface area (Å²) in [5, 5.41) is 0. The molecule has 1 aromatic rings. The number of fused-ring (bicyclic) bond motifs is 1. The Hall–Kier alpha value is -0.910. The lowest BCUT2D eigenvalue weighted by Crippen LogP contribution is -2.17. The maximum absolute atomic E-state index is 11.4. The highest BCUT2D eigenvalue weighted by atomic mass is 32.2. The number of ether oxygens (including phenoxy) is 1. The first-order valence-corrected chi connectivity index (χ1v) is 7.64. The third kappa shape index (κ3) is 2.06. The molecule has 18 heavy (non-hydrogen) atoms. The fourth-order valence-corrected chi connectivity index (χ4v) is 3.72. The smallest absolute Gasteiger partial charge is 0.294 e. The quantitative estimate of drug-likeness (QED) is 0.660. The lowest BCUT2D eigenvalue weighted by molar-refractivity contribution is 0.358. The second kappa shape index (κ2) is 4.05. The lowest BCUT2D eigenvalue weighted by Gasteiger charge is -2.21. The van der Waals surface area contributed by atoms with Crippen LogP contribution in [0.5, 0.6) is 0 Å². The maximum atomic E-state index is 11.4. The molecule has 5 heteroatoms. The molecule has 3 atom stereocenters. The maximum Gasteiger partial charge on any atom is 0.294 e. The summed E-state index contributed by atoms with van der Waals surface area (Å²) < 4.78 is 37.8. The number of rotatable bonds is 2. The van der Waals surface area contributed by atoms with E-state index >= 15 is 0 Å². The minimum Gasteiger partial charge on any atom is -0.369 e. The Balaban J connectivity index is 2.07. The van der Waals surface area contributed by atoms with Crippen LogP contribution in [0.2, 0.25) is 0 Å². The zero-order valence-corrected chi connectivity index (χ0v) is 11.0. The van der Waals surface area contributed by atoms with E-state index in [-0.39, 0.29) is 16.9 Å². The summed E-state index contributed by atoms with van der Waals surface area (Å²) >= 11 is 0. The summed E-state index contributed by atoms with van der Waals surface area (Å²) in [7, 11) is -4.16. The van der Waals surface area contributed by atoms with Gasteiger partial charge in [-0.1, -0.05) is 24.1 Å². The molecule has 3 rings (SSSR count). The van der Waals surface area contributed by atoms with Crippen molar-refractivity contribution in [2.45, 2.75) is 49.2 Å². The second-order valence-electron chi connectivity index (χ2n) is 5.19. The highest BCUT2D eigenvalue weighted by Crippen LogP contribution is 2.47. The van der Waals surface area contributed by atoms with Gasteiger partial charge in [-0.25, -0.2) is 0 Å². The molecule has 2 aliphatic rings. The zero-order chi connectivity index (χ0) is 12.9. The SMILES string of the molecule is Cc1ccc(S(=O)(=O)O)c(C2CCC[C@H]3O[C@@H]23)c1. The van der Waals surface area contributed by atoms with Crippen LogP contribution in [-0.4, -0.2) is 25.2 Å². The normalized spacial score (nSPS) is 30.9. The van der Waals surface area contributed by atoms with Crippen molar-refractivity contribution in [2.75, 3.05) is 0 Å². The van der Waals surface area contributed by atoms with Crippen molar-refractivity contribution in [3.63, 3.8) is 0 Å². The predicted octanol–water partition coefficient (Wildman–Crippen LogP) is 2.28. The number of epoxide rings is 1. The largest absolute Gasteiger partial charge is 0.369 e. The summed E-state index contributed by atoms with van der Waals surface area (Å²) in [4.78, 5) is 0.0363. The Morgan fingerprint density at radius 2 is 2.11 bits per heavy atom. The Kier molecular flexibility index (Phi) is 2.73. The van der Waals surface area contributed by atoms with Crippen molar-refractivity contribution in [1.29, 1.82) is 0 Å². The molecule has 1 aliphatic carbocycles. The minimum absolute atomic E-state index is 0.0363. The van der Waals surface area contributed by atoms with Gasteiger partial charge in [0, 0.05) is 5.92 Å². The van der Waals surface area contributed by atoms with Gasteiger partial charge in [-0.2, -0.15) is 8.42 Å². The first-order chi connectivity index (χ1) is 8.47. The van der Waals surface area contributed by atoms with E-state index in [0.717, 1.165) is 24.8 Å². The van der Waals surface area contributed by atoms with E-state index in [1.807, 2.05) is 13.0 Å². The molecule has 0 spiro atoms. The number of hydrogen-bond donors (Lipinski definition) is 1. The van der Waals surface area contributed by atoms with Gasteiger partial charge >= 0.3 is 0 Å². The average Bonchev–Trinajstić information content (AvgIpc) is 3.05. The summed E-state index contributed by atoms with van der Waals surface area (Å²) in [6.45, 7) is 1.92. The van der Waals surface area contributed by atoms with Gasteiger partial charge < -0.3 is 4.74 Å². The fraction of sp³-hybridized carbons (Fsp3) is 0.538. The highest BCUT2D eigenvalue weighted by Gasteiger charge is 2.48. The van der Waals surface area contributed by atoms with E-state index in [2.05, 4.69) is 0 Å². The van der Waals surface area contributed by atoms with Crippen LogP contribution >= 0.6 is 0 Å². The number of benzene rings is 1. The molecule has 2 fully saturated rings. The van der Waals surface area contributed by atoms with E-state index in [1.165, 1.54) is 6.07 Å². The van der Waals surface area contributed by atoms with E-state index in [1.54, 1.807) is 6.07 Å². The molecule has 1 aliphatic heterocycles. The first kappa shape index (κ1) is 12.1. The molecular weight excluding hydrogens is 252 g/mol. The third-order valence-corrected chi connectivity index (χ3v) is 4.79. The third-order valence-electron chi connectivity index (χ3n) is 3.86. The standard InChI is InChI=1S/C13H16O4S/c1-8-5-6-12(18(14,15)16)10(7-8)9-3-2-4-11-13(9)17-11/h5-7,9,11,13H,2-4H2,1H3,(H,14,15,16)/t9?,11-,13+/m1/s1. The van der Waals surface area contributed by atoms with Crippen molar-refractivity contribution in [2.24, 2.45) is 0 Å². The molecule has 1 saturated heterocycles. The Labute approximate surface area is 107 Å². The molecule has 1 N–H and O–H groups in total. The molecule has 0 aromatic heterocycles. The number of aryl methyl sites for hydroxylation is 1. The van der Waals surface area contributed by atoms with E-state index in [0.29, 0.717) is 11.7 Å². The molecule has 1 aromatic carbocycles. The van der Waals surface area contributed by atoms with E-state index < -0.39 is 10.1 Å². The summed E-state index contributed by atoms with van der Waals surface area (Å²) in [6.07, 6.45) is 3.46. The van der Waals surface area contributed by atoms with E-state index in [9.17, 15) is 13.0 Å².